The van der Waals surface area contributed by atoms with Gasteiger partial charge in [-0.05, 0) is 56.7 Å². The molecular formula is C18H29N3. The summed E-state index contributed by atoms with van der Waals surface area (Å²) in [5.41, 5.74) is 2.72. The van der Waals surface area contributed by atoms with E-state index in [1.165, 1.54) is 49.9 Å². The number of nitrogens with one attached hydrogen (secondary N) is 1. The Bertz CT molecular complexity index is 446. The number of aryl methyl sites for hydroxylation is 1. The van der Waals surface area contributed by atoms with Crippen LogP contribution in [-0.2, 0) is 13.0 Å². The molecule has 2 bridgehead atoms. The lowest BCUT2D eigenvalue weighted by Crippen LogP contribution is -2.48. The third-order valence-corrected chi connectivity index (χ3v) is 5.27. The van der Waals surface area contributed by atoms with E-state index in [1.807, 2.05) is 6.20 Å². The summed E-state index contributed by atoms with van der Waals surface area (Å²) in [6, 6.07) is 6.58. The van der Waals surface area contributed by atoms with Crippen molar-refractivity contribution in [2.75, 3.05) is 6.54 Å². The van der Waals surface area contributed by atoms with E-state index in [9.17, 15) is 0 Å². The van der Waals surface area contributed by atoms with Gasteiger partial charge in [0.25, 0.3) is 0 Å². The van der Waals surface area contributed by atoms with Crippen molar-refractivity contribution in [3.8, 4) is 0 Å². The van der Waals surface area contributed by atoms with Crippen molar-refractivity contribution >= 4 is 0 Å². The van der Waals surface area contributed by atoms with Gasteiger partial charge in [-0.3, -0.25) is 9.88 Å². The zero-order chi connectivity index (χ0) is 14.7. The maximum Gasteiger partial charge on any atom is 0.0575 e. The molecule has 116 valence electrons. The molecule has 1 aromatic rings. The number of piperidine rings is 1. The molecule has 0 spiro atoms. The maximum atomic E-state index is 4.65. The molecule has 3 rings (SSSR count). The molecule has 21 heavy (non-hydrogen) atoms. The first-order chi connectivity index (χ1) is 10.3. The van der Waals surface area contributed by atoms with Gasteiger partial charge in [0.15, 0.2) is 0 Å². The van der Waals surface area contributed by atoms with Gasteiger partial charge < -0.3 is 5.32 Å². The SMILES string of the molecule is CCCNC1CC2CCC(C1)N2Cc1ncccc1CC. The van der Waals surface area contributed by atoms with E-state index in [0.29, 0.717) is 0 Å². The zero-order valence-corrected chi connectivity index (χ0v) is 13.5. The topological polar surface area (TPSA) is 28.2 Å². The summed E-state index contributed by atoms with van der Waals surface area (Å²) in [5, 5.41) is 3.74. The van der Waals surface area contributed by atoms with Crippen molar-refractivity contribution in [3.05, 3.63) is 29.6 Å². The van der Waals surface area contributed by atoms with E-state index in [-0.39, 0.29) is 0 Å². The van der Waals surface area contributed by atoms with E-state index in [0.717, 1.165) is 31.1 Å². The molecule has 2 aliphatic heterocycles. The highest BCUT2D eigenvalue weighted by molar-refractivity contribution is 5.20. The fourth-order valence-electron chi connectivity index (χ4n) is 4.16. The maximum absolute atomic E-state index is 4.65. The molecule has 2 atom stereocenters. The number of fused-ring (bicyclic) bond motifs is 2. The smallest absolute Gasteiger partial charge is 0.0575 e. The monoisotopic (exact) mass is 287 g/mol. The molecule has 3 nitrogen and oxygen atoms in total. The van der Waals surface area contributed by atoms with Crippen molar-refractivity contribution in [1.29, 1.82) is 0 Å². The molecule has 1 N–H and O–H groups in total. The van der Waals surface area contributed by atoms with Crippen LogP contribution >= 0.6 is 0 Å². The first-order valence-electron chi connectivity index (χ1n) is 8.73. The molecule has 0 amide bonds. The number of pyridine rings is 1. The van der Waals surface area contributed by atoms with Crippen molar-refractivity contribution in [3.63, 3.8) is 0 Å². The average molecular weight is 287 g/mol. The standard InChI is InChI=1S/C18H29N3/c1-3-9-19-15-11-16-7-8-17(12-15)21(16)13-18-14(4-2)6-5-10-20-18/h5-6,10,15-17,19H,3-4,7-9,11-13H2,1-2H3. The number of aromatic nitrogens is 1. The van der Waals surface area contributed by atoms with Gasteiger partial charge in [0.05, 0.1) is 5.69 Å². The number of hydrogen-bond acceptors (Lipinski definition) is 3. The molecule has 2 unspecified atom stereocenters. The molecule has 3 heterocycles. The largest absolute Gasteiger partial charge is 0.314 e. The zero-order valence-electron chi connectivity index (χ0n) is 13.5. The number of rotatable bonds is 6. The highest BCUT2D eigenvalue weighted by atomic mass is 15.2. The van der Waals surface area contributed by atoms with Gasteiger partial charge in [-0.25, -0.2) is 0 Å². The summed E-state index contributed by atoms with van der Waals surface area (Å²) in [6.45, 7) is 6.71. The third-order valence-electron chi connectivity index (χ3n) is 5.27. The summed E-state index contributed by atoms with van der Waals surface area (Å²) in [6.07, 6.45) is 9.68. The second-order valence-electron chi connectivity index (χ2n) is 6.64. The summed E-state index contributed by atoms with van der Waals surface area (Å²) in [7, 11) is 0. The molecule has 0 saturated carbocycles. The predicted molar refractivity (Wildman–Crippen MR) is 87.3 cm³/mol. The van der Waals surface area contributed by atoms with E-state index in [2.05, 4.69) is 41.2 Å². The van der Waals surface area contributed by atoms with Crippen LogP contribution in [0.15, 0.2) is 18.3 Å². The molecule has 1 aromatic heterocycles. The molecule has 0 aromatic carbocycles. The minimum atomic E-state index is 0.744. The molecule has 3 heteroatoms. The van der Waals surface area contributed by atoms with Gasteiger partial charge in [0, 0.05) is 30.9 Å². The summed E-state index contributed by atoms with van der Waals surface area (Å²) >= 11 is 0. The minimum absolute atomic E-state index is 0.744. The van der Waals surface area contributed by atoms with Gasteiger partial charge in [-0.2, -0.15) is 0 Å². The van der Waals surface area contributed by atoms with Crippen molar-refractivity contribution < 1.29 is 0 Å². The summed E-state index contributed by atoms with van der Waals surface area (Å²) in [4.78, 5) is 7.39. The first-order valence-corrected chi connectivity index (χ1v) is 8.73. The Hall–Kier alpha value is -0.930. The summed E-state index contributed by atoms with van der Waals surface area (Å²) < 4.78 is 0. The van der Waals surface area contributed by atoms with Crippen molar-refractivity contribution in [2.45, 2.75) is 77.0 Å². The van der Waals surface area contributed by atoms with Crippen LogP contribution in [0.3, 0.4) is 0 Å². The molecule has 2 saturated heterocycles. The molecule has 2 aliphatic rings. The Morgan fingerprint density at radius 3 is 2.67 bits per heavy atom. The quantitative estimate of drug-likeness (QED) is 0.871. The van der Waals surface area contributed by atoms with Gasteiger partial charge in [0.2, 0.25) is 0 Å². The fourth-order valence-corrected chi connectivity index (χ4v) is 4.16. The second kappa shape index (κ2) is 6.89. The molecular weight excluding hydrogens is 258 g/mol. The Morgan fingerprint density at radius 1 is 1.24 bits per heavy atom. The third kappa shape index (κ3) is 3.29. The van der Waals surface area contributed by atoms with E-state index >= 15 is 0 Å². The van der Waals surface area contributed by atoms with Crippen LogP contribution in [0, 0.1) is 0 Å². The lowest BCUT2D eigenvalue weighted by Gasteiger charge is -2.39. The minimum Gasteiger partial charge on any atom is -0.314 e. The van der Waals surface area contributed by atoms with Crippen LogP contribution in [0.5, 0.6) is 0 Å². The first kappa shape index (κ1) is 15.0. The van der Waals surface area contributed by atoms with Crippen molar-refractivity contribution in [1.82, 2.24) is 15.2 Å². The average Bonchev–Trinajstić information content (AvgIpc) is 2.75. The number of nitrogens with zero attached hydrogens (tertiary/aromatic N) is 2. The molecule has 0 radical (unpaired) electrons. The second-order valence-corrected chi connectivity index (χ2v) is 6.64. The Kier molecular flexibility index (Phi) is 4.91. The Balaban J connectivity index is 1.65. The van der Waals surface area contributed by atoms with E-state index < -0.39 is 0 Å². The van der Waals surface area contributed by atoms with Gasteiger partial charge in [-0.15, -0.1) is 0 Å². The van der Waals surface area contributed by atoms with E-state index in [4.69, 9.17) is 0 Å². The van der Waals surface area contributed by atoms with Crippen LogP contribution in [0.2, 0.25) is 0 Å². The summed E-state index contributed by atoms with van der Waals surface area (Å²) in [5.74, 6) is 0. The van der Waals surface area contributed by atoms with Crippen LogP contribution in [0.4, 0.5) is 0 Å². The van der Waals surface area contributed by atoms with E-state index in [1.54, 1.807) is 0 Å². The van der Waals surface area contributed by atoms with Gasteiger partial charge in [0.1, 0.15) is 0 Å². The van der Waals surface area contributed by atoms with Crippen LogP contribution in [0.1, 0.15) is 57.2 Å². The van der Waals surface area contributed by atoms with Crippen molar-refractivity contribution in [2.24, 2.45) is 0 Å². The molecule has 2 fully saturated rings. The highest BCUT2D eigenvalue weighted by Crippen LogP contribution is 2.36. The Labute approximate surface area is 129 Å². The lowest BCUT2D eigenvalue weighted by atomic mass is 9.96. The van der Waals surface area contributed by atoms with Gasteiger partial charge in [-0.1, -0.05) is 19.9 Å². The highest BCUT2D eigenvalue weighted by Gasteiger charge is 2.40. The van der Waals surface area contributed by atoms with Crippen LogP contribution in [0.25, 0.3) is 0 Å². The predicted octanol–water partition coefficient (Wildman–Crippen LogP) is 3.14. The van der Waals surface area contributed by atoms with Gasteiger partial charge >= 0.3 is 0 Å². The normalized spacial score (nSPS) is 29.0. The molecule has 0 aliphatic carbocycles. The lowest BCUT2D eigenvalue weighted by molar-refractivity contribution is 0.107. The number of hydrogen-bond donors (Lipinski definition) is 1. The Morgan fingerprint density at radius 2 is 2.00 bits per heavy atom. The fraction of sp³-hybridized carbons (Fsp3) is 0.722. The van der Waals surface area contributed by atoms with Crippen LogP contribution < -0.4 is 5.32 Å². The van der Waals surface area contributed by atoms with Crippen LogP contribution in [-0.4, -0.2) is 34.6 Å².